The Balaban J connectivity index is 1.95. The van der Waals surface area contributed by atoms with Gasteiger partial charge < -0.3 is 4.90 Å². The number of carbonyl (C=O) groups excluding carboxylic acids is 1. The lowest BCUT2D eigenvalue weighted by molar-refractivity contribution is -0.128. The van der Waals surface area contributed by atoms with E-state index >= 15 is 0 Å². The van der Waals surface area contributed by atoms with Gasteiger partial charge in [0, 0.05) is 14.1 Å². The molecule has 0 aliphatic heterocycles. The van der Waals surface area contributed by atoms with E-state index in [1.807, 2.05) is 80.6 Å². The first-order valence-electron chi connectivity index (χ1n) is 10.4. The molecule has 1 aromatic heterocycles. The van der Waals surface area contributed by atoms with E-state index < -0.39 is 5.25 Å². The van der Waals surface area contributed by atoms with E-state index in [0.717, 1.165) is 22.4 Å². The van der Waals surface area contributed by atoms with Gasteiger partial charge in [-0.15, -0.1) is 0 Å². The lowest BCUT2D eigenvalue weighted by atomic mass is 10.1. The van der Waals surface area contributed by atoms with Crippen molar-refractivity contribution >= 4 is 28.6 Å². The zero-order chi connectivity index (χ0) is 22.8. The zero-order valence-electron chi connectivity index (χ0n) is 18.6. The van der Waals surface area contributed by atoms with Gasteiger partial charge >= 0.3 is 0 Å². The summed E-state index contributed by atoms with van der Waals surface area (Å²) in [7, 11) is 3.48. The maximum atomic E-state index is 13.6. The van der Waals surface area contributed by atoms with Crippen molar-refractivity contribution in [2.24, 2.45) is 0 Å². The second-order valence-electron chi connectivity index (χ2n) is 7.96. The van der Waals surface area contributed by atoms with Crippen molar-refractivity contribution in [2.75, 3.05) is 14.1 Å². The second-order valence-corrected chi connectivity index (χ2v) is 9.03. The van der Waals surface area contributed by atoms with Crippen molar-refractivity contribution in [3.63, 3.8) is 0 Å². The van der Waals surface area contributed by atoms with Gasteiger partial charge in [0.25, 0.3) is 5.56 Å². The fraction of sp³-hybridized carbons (Fsp3) is 0.192. The van der Waals surface area contributed by atoms with Crippen molar-refractivity contribution in [3.05, 3.63) is 99.8 Å². The van der Waals surface area contributed by atoms with Crippen molar-refractivity contribution < 1.29 is 4.79 Å². The molecule has 4 aromatic rings. The van der Waals surface area contributed by atoms with Gasteiger partial charge in [0.2, 0.25) is 5.91 Å². The lowest BCUT2D eigenvalue weighted by Crippen LogP contribution is -2.28. The molecule has 32 heavy (non-hydrogen) atoms. The summed E-state index contributed by atoms with van der Waals surface area (Å²) in [4.78, 5) is 33.1. The molecule has 0 fully saturated rings. The maximum Gasteiger partial charge on any atom is 0.266 e. The Labute approximate surface area is 191 Å². The van der Waals surface area contributed by atoms with Gasteiger partial charge in [-0.2, -0.15) is 0 Å². The van der Waals surface area contributed by atoms with Crippen LogP contribution in [-0.4, -0.2) is 34.5 Å². The van der Waals surface area contributed by atoms with Gasteiger partial charge in [-0.3, -0.25) is 14.2 Å². The third kappa shape index (κ3) is 4.18. The van der Waals surface area contributed by atoms with Crippen LogP contribution < -0.4 is 5.56 Å². The molecule has 1 atom stereocenters. The minimum Gasteiger partial charge on any atom is -0.348 e. The first kappa shape index (κ1) is 21.8. The number of benzene rings is 3. The first-order chi connectivity index (χ1) is 15.4. The van der Waals surface area contributed by atoms with E-state index in [1.54, 1.807) is 29.6 Å². The Morgan fingerprint density at radius 3 is 2.31 bits per heavy atom. The molecule has 0 aliphatic carbocycles. The number of rotatable bonds is 5. The molecule has 3 aromatic carbocycles. The Morgan fingerprint density at radius 1 is 0.938 bits per heavy atom. The molecule has 0 saturated carbocycles. The summed E-state index contributed by atoms with van der Waals surface area (Å²) in [6.07, 6.45) is 0. The van der Waals surface area contributed by atoms with E-state index in [1.165, 1.54) is 11.8 Å². The van der Waals surface area contributed by atoms with Crippen LogP contribution in [0, 0.1) is 13.8 Å². The summed E-state index contributed by atoms with van der Waals surface area (Å²) >= 11 is 1.30. The molecule has 4 rings (SSSR count). The molecule has 1 amide bonds. The van der Waals surface area contributed by atoms with E-state index in [9.17, 15) is 9.59 Å². The van der Waals surface area contributed by atoms with E-state index in [0.29, 0.717) is 16.1 Å². The number of hydrogen-bond donors (Lipinski definition) is 0. The number of thioether (sulfide) groups is 1. The highest BCUT2D eigenvalue weighted by atomic mass is 32.2. The van der Waals surface area contributed by atoms with Crippen LogP contribution in [0.1, 0.15) is 21.9 Å². The fourth-order valence-corrected chi connectivity index (χ4v) is 4.77. The Bertz CT molecular complexity index is 1350. The smallest absolute Gasteiger partial charge is 0.266 e. The first-order valence-corrected chi connectivity index (χ1v) is 11.3. The topological polar surface area (TPSA) is 55.2 Å². The van der Waals surface area contributed by atoms with Crippen LogP contribution in [0.15, 0.2) is 82.7 Å². The zero-order valence-corrected chi connectivity index (χ0v) is 19.4. The number of aryl methyl sites for hydroxylation is 2. The summed E-state index contributed by atoms with van der Waals surface area (Å²) in [5.41, 5.74) is 4.31. The Hall–Kier alpha value is -3.38. The molecular weight excluding hydrogens is 418 g/mol. The number of nitrogens with zero attached hydrogens (tertiary/aromatic N) is 3. The average Bonchev–Trinajstić information content (AvgIpc) is 2.79. The number of hydrogen-bond acceptors (Lipinski definition) is 4. The van der Waals surface area contributed by atoms with Gasteiger partial charge in [0.15, 0.2) is 5.16 Å². The molecular formula is C26H25N3O2S. The molecule has 0 aliphatic rings. The molecule has 1 heterocycles. The summed E-state index contributed by atoms with van der Waals surface area (Å²) in [6.45, 7) is 4.06. The van der Waals surface area contributed by atoms with Gasteiger partial charge in [-0.25, -0.2) is 4.98 Å². The maximum absolute atomic E-state index is 13.6. The van der Waals surface area contributed by atoms with Gasteiger partial charge in [-0.1, -0.05) is 60.3 Å². The molecule has 5 nitrogen and oxygen atoms in total. The number of likely N-dealkylation sites (N-methyl/N-ethyl adjacent to an activating group) is 1. The number of fused-ring (bicyclic) bond motifs is 1. The Morgan fingerprint density at radius 2 is 1.62 bits per heavy atom. The van der Waals surface area contributed by atoms with Crippen LogP contribution in [0.4, 0.5) is 0 Å². The third-order valence-corrected chi connectivity index (χ3v) is 6.68. The second kappa shape index (κ2) is 9.01. The highest BCUT2D eigenvalue weighted by Gasteiger charge is 2.26. The van der Waals surface area contributed by atoms with Crippen LogP contribution in [0.5, 0.6) is 0 Å². The molecule has 0 N–H and O–H groups in total. The van der Waals surface area contributed by atoms with Crippen molar-refractivity contribution in [2.45, 2.75) is 24.3 Å². The minimum atomic E-state index is -0.531. The summed E-state index contributed by atoms with van der Waals surface area (Å²) in [5.74, 6) is -0.0600. The highest BCUT2D eigenvalue weighted by molar-refractivity contribution is 8.00. The third-order valence-electron chi connectivity index (χ3n) is 5.48. The van der Waals surface area contributed by atoms with Crippen LogP contribution >= 0.6 is 11.8 Å². The van der Waals surface area contributed by atoms with Crippen molar-refractivity contribution in [1.29, 1.82) is 0 Å². The SMILES string of the molecule is Cc1ccc(-n2c(SC(C(=O)N(C)C)c3ccccc3)nc3ccccc3c2=O)cc1C. The molecule has 1 unspecified atom stereocenters. The molecule has 0 radical (unpaired) electrons. The predicted molar refractivity (Wildman–Crippen MR) is 131 cm³/mol. The van der Waals surface area contributed by atoms with E-state index in [4.69, 9.17) is 4.98 Å². The van der Waals surface area contributed by atoms with Gasteiger partial charge in [0.05, 0.1) is 16.6 Å². The molecule has 6 heteroatoms. The number of para-hydroxylation sites is 1. The number of amides is 1. The fourth-order valence-electron chi connectivity index (χ4n) is 3.51. The molecule has 162 valence electrons. The van der Waals surface area contributed by atoms with Gasteiger partial charge in [0.1, 0.15) is 5.25 Å². The van der Waals surface area contributed by atoms with Crippen molar-refractivity contribution in [3.8, 4) is 5.69 Å². The van der Waals surface area contributed by atoms with Crippen molar-refractivity contribution in [1.82, 2.24) is 14.5 Å². The van der Waals surface area contributed by atoms with Crippen LogP contribution in [0.25, 0.3) is 16.6 Å². The van der Waals surface area contributed by atoms with Crippen LogP contribution in [0.3, 0.4) is 0 Å². The quantitative estimate of drug-likeness (QED) is 0.324. The average molecular weight is 444 g/mol. The molecule has 0 saturated heterocycles. The number of carbonyl (C=O) groups is 1. The summed E-state index contributed by atoms with van der Waals surface area (Å²) in [5, 5.41) is 0.503. The molecule has 0 spiro atoms. The highest BCUT2D eigenvalue weighted by Crippen LogP contribution is 2.36. The van der Waals surface area contributed by atoms with E-state index in [-0.39, 0.29) is 11.5 Å². The Kier molecular flexibility index (Phi) is 6.15. The predicted octanol–water partition coefficient (Wildman–Crippen LogP) is 4.92. The van der Waals surface area contributed by atoms with Crippen LogP contribution in [-0.2, 0) is 4.79 Å². The standard InChI is InChI=1S/C26H25N3O2S/c1-17-14-15-20(16-18(17)2)29-24(30)21-12-8-9-13-22(21)27-26(29)32-23(25(31)28(3)4)19-10-6-5-7-11-19/h5-16,23H,1-4H3. The van der Waals surface area contributed by atoms with Crippen LogP contribution in [0.2, 0.25) is 0 Å². The summed E-state index contributed by atoms with van der Waals surface area (Å²) in [6, 6.07) is 22.8. The number of aromatic nitrogens is 2. The normalized spacial score (nSPS) is 12.0. The van der Waals surface area contributed by atoms with Gasteiger partial charge in [-0.05, 0) is 54.8 Å². The summed E-state index contributed by atoms with van der Waals surface area (Å²) < 4.78 is 1.62. The largest absolute Gasteiger partial charge is 0.348 e. The molecule has 0 bridgehead atoms. The minimum absolute atomic E-state index is 0.0600. The van der Waals surface area contributed by atoms with E-state index in [2.05, 4.69) is 0 Å². The monoisotopic (exact) mass is 443 g/mol. The lowest BCUT2D eigenvalue weighted by Gasteiger charge is -2.22.